The number of carbonyl (C=O) groups is 1. The number of aliphatic hydroxyl groups is 1. The molecule has 1 aliphatic carbocycles. The summed E-state index contributed by atoms with van der Waals surface area (Å²) in [6, 6.07) is 23.3. The zero-order valence-electron chi connectivity index (χ0n) is 16.1. The minimum atomic E-state index is -0.187. The molecule has 3 aromatic rings. The number of aliphatic hydroxyl groups excluding tert-OH is 1. The van der Waals surface area contributed by atoms with E-state index in [0.717, 1.165) is 16.5 Å². The van der Waals surface area contributed by atoms with Crippen LogP contribution in [0.2, 0.25) is 0 Å². The summed E-state index contributed by atoms with van der Waals surface area (Å²) in [7, 11) is 0. The number of carbonyl (C=O) groups excluding carboxylic acids is 1. The van der Waals surface area contributed by atoms with Crippen LogP contribution in [0.5, 0.6) is 0 Å². The van der Waals surface area contributed by atoms with Gasteiger partial charge in [0.2, 0.25) is 0 Å². The van der Waals surface area contributed by atoms with Crippen LogP contribution in [0.15, 0.2) is 83.4 Å². The number of benzene rings is 3. The van der Waals surface area contributed by atoms with Gasteiger partial charge in [-0.05, 0) is 34.7 Å². The molecule has 3 nitrogen and oxygen atoms in total. The summed E-state index contributed by atoms with van der Waals surface area (Å²) in [6.45, 7) is 4.13. The molecule has 0 atom stereocenters. The lowest BCUT2D eigenvalue weighted by atomic mass is 9.73. The van der Waals surface area contributed by atoms with Gasteiger partial charge in [0.25, 0.3) is 0 Å². The standard InChI is InChI=1S/C25H23NO2/c1-25(2)15-21(26-20-13-12-17-8-6-7-11-19(17)14-20)23(22(27)16-25)24(28)18-9-4-3-5-10-18/h3-14,28H,15-16H2,1-2H3/b24-23+,26-21?. The van der Waals surface area contributed by atoms with Gasteiger partial charge in [-0.25, -0.2) is 0 Å². The molecule has 3 aromatic carbocycles. The summed E-state index contributed by atoms with van der Waals surface area (Å²) in [5, 5.41) is 13.1. The Hall–Kier alpha value is -3.20. The Balaban J connectivity index is 1.86. The number of hydrogen-bond acceptors (Lipinski definition) is 3. The number of rotatable bonds is 2. The topological polar surface area (TPSA) is 49.7 Å². The van der Waals surface area contributed by atoms with E-state index >= 15 is 0 Å². The first-order valence-corrected chi connectivity index (χ1v) is 9.52. The fourth-order valence-electron chi connectivity index (χ4n) is 3.79. The first-order chi connectivity index (χ1) is 13.4. The molecule has 0 saturated heterocycles. The van der Waals surface area contributed by atoms with Crippen LogP contribution in [0.25, 0.3) is 16.5 Å². The molecule has 1 N–H and O–H groups in total. The maximum absolute atomic E-state index is 12.9. The van der Waals surface area contributed by atoms with E-state index in [-0.39, 0.29) is 17.0 Å². The fourth-order valence-corrected chi connectivity index (χ4v) is 3.79. The summed E-state index contributed by atoms with van der Waals surface area (Å²) in [5.41, 5.74) is 2.23. The highest BCUT2D eigenvalue weighted by atomic mass is 16.3. The van der Waals surface area contributed by atoms with Gasteiger partial charge in [0, 0.05) is 12.0 Å². The number of allylic oxidation sites excluding steroid dienone is 1. The molecule has 0 aliphatic heterocycles. The maximum Gasteiger partial charge on any atom is 0.169 e. The predicted octanol–water partition coefficient (Wildman–Crippen LogP) is 6.27. The van der Waals surface area contributed by atoms with Gasteiger partial charge >= 0.3 is 0 Å². The Labute approximate surface area is 165 Å². The van der Waals surface area contributed by atoms with Crippen LogP contribution in [0.3, 0.4) is 0 Å². The van der Waals surface area contributed by atoms with Gasteiger partial charge in [0.1, 0.15) is 5.76 Å². The molecule has 28 heavy (non-hydrogen) atoms. The highest BCUT2D eigenvalue weighted by Crippen LogP contribution is 2.38. The smallest absolute Gasteiger partial charge is 0.169 e. The van der Waals surface area contributed by atoms with Gasteiger partial charge in [-0.3, -0.25) is 9.79 Å². The van der Waals surface area contributed by atoms with Gasteiger partial charge in [-0.1, -0.05) is 74.5 Å². The van der Waals surface area contributed by atoms with E-state index in [1.165, 1.54) is 0 Å². The van der Waals surface area contributed by atoms with E-state index in [1.807, 2.05) is 66.7 Å². The monoisotopic (exact) mass is 369 g/mol. The first-order valence-electron chi connectivity index (χ1n) is 9.52. The number of Topliss-reactive ketones (excluding diaryl/α,β-unsaturated/α-hetero) is 1. The number of fused-ring (bicyclic) bond motifs is 1. The lowest BCUT2D eigenvalue weighted by molar-refractivity contribution is -0.117. The molecule has 1 fully saturated rings. The SMILES string of the molecule is CC1(C)CC(=O)/C(=C(/O)c2ccccc2)C(=Nc2ccc3ccccc3c2)C1. The van der Waals surface area contributed by atoms with Crippen LogP contribution in [-0.4, -0.2) is 16.6 Å². The van der Waals surface area contributed by atoms with Crippen molar-refractivity contribution in [1.29, 1.82) is 0 Å². The molecule has 1 aliphatic rings. The van der Waals surface area contributed by atoms with Gasteiger partial charge in [0.05, 0.1) is 17.0 Å². The molecule has 0 unspecified atom stereocenters. The second kappa shape index (κ2) is 7.08. The molecular weight excluding hydrogens is 346 g/mol. The summed E-state index contributed by atoms with van der Waals surface area (Å²) in [6.07, 6.45) is 1.04. The maximum atomic E-state index is 12.9. The van der Waals surface area contributed by atoms with Crippen molar-refractivity contribution in [2.45, 2.75) is 26.7 Å². The Bertz CT molecular complexity index is 1110. The van der Waals surface area contributed by atoms with Crippen molar-refractivity contribution < 1.29 is 9.90 Å². The molecular formula is C25H23NO2. The molecule has 0 aromatic heterocycles. The van der Waals surface area contributed by atoms with E-state index < -0.39 is 0 Å². The quantitative estimate of drug-likeness (QED) is 0.427. The van der Waals surface area contributed by atoms with Crippen molar-refractivity contribution in [2.24, 2.45) is 10.4 Å². The third-order valence-electron chi connectivity index (χ3n) is 5.13. The normalized spacial score (nSPS) is 19.8. The van der Waals surface area contributed by atoms with Crippen molar-refractivity contribution in [3.63, 3.8) is 0 Å². The first kappa shape index (κ1) is 18.2. The Morgan fingerprint density at radius 3 is 2.32 bits per heavy atom. The number of ketones is 1. The lowest BCUT2D eigenvalue weighted by Gasteiger charge is -2.31. The molecule has 0 amide bonds. The van der Waals surface area contributed by atoms with E-state index in [0.29, 0.717) is 29.7 Å². The van der Waals surface area contributed by atoms with E-state index in [1.54, 1.807) is 0 Å². The van der Waals surface area contributed by atoms with Crippen LogP contribution in [0.4, 0.5) is 5.69 Å². The predicted molar refractivity (Wildman–Crippen MR) is 115 cm³/mol. The van der Waals surface area contributed by atoms with Crippen LogP contribution in [-0.2, 0) is 4.79 Å². The second-order valence-electron chi connectivity index (χ2n) is 8.12. The summed E-state index contributed by atoms with van der Waals surface area (Å²) in [5.74, 6) is -0.0437. The molecule has 0 heterocycles. The van der Waals surface area contributed by atoms with Crippen molar-refractivity contribution in [3.8, 4) is 0 Å². The van der Waals surface area contributed by atoms with Crippen molar-refractivity contribution in [1.82, 2.24) is 0 Å². The average Bonchev–Trinajstić information content (AvgIpc) is 2.67. The van der Waals surface area contributed by atoms with E-state index in [2.05, 4.69) is 19.9 Å². The number of hydrogen-bond donors (Lipinski definition) is 1. The molecule has 0 bridgehead atoms. The molecule has 4 rings (SSSR count). The largest absolute Gasteiger partial charge is 0.506 e. The van der Waals surface area contributed by atoms with Gasteiger partial charge < -0.3 is 5.11 Å². The van der Waals surface area contributed by atoms with Gasteiger partial charge in [-0.2, -0.15) is 0 Å². The third kappa shape index (κ3) is 3.61. The third-order valence-corrected chi connectivity index (χ3v) is 5.13. The fraction of sp³-hybridized carbons (Fsp3) is 0.200. The minimum Gasteiger partial charge on any atom is -0.506 e. The van der Waals surface area contributed by atoms with E-state index in [9.17, 15) is 9.90 Å². The number of nitrogens with zero attached hydrogens (tertiary/aromatic N) is 1. The van der Waals surface area contributed by atoms with Crippen LogP contribution >= 0.6 is 0 Å². The number of aliphatic imine (C=N–C) groups is 1. The summed E-state index contributed by atoms with van der Waals surface area (Å²) in [4.78, 5) is 17.8. The zero-order valence-corrected chi connectivity index (χ0v) is 16.1. The molecule has 3 heteroatoms. The molecule has 1 saturated carbocycles. The van der Waals surface area contributed by atoms with Crippen LogP contribution in [0.1, 0.15) is 32.3 Å². The van der Waals surface area contributed by atoms with Crippen LogP contribution in [0, 0.1) is 5.41 Å². The minimum absolute atomic E-state index is 0.0145. The van der Waals surface area contributed by atoms with Crippen molar-refractivity contribution in [2.75, 3.05) is 0 Å². The van der Waals surface area contributed by atoms with Crippen LogP contribution < -0.4 is 0 Å². The highest BCUT2D eigenvalue weighted by molar-refractivity contribution is 6.28. The Morgan fingerprint density at radius 2 is 1.57 bits per heavy atom. The van der Waals surface area contributed by atoms with Crippen molar-refractivity contribution in [3.05, 3.63) is 83.9 Å². The molecule has 140 valence electrons. The Morgan fingerprint density at radius 1 is 0.893 bits per heavy atom. The lowest BCUT2D eigenvalue weighted by Crippen LogP contribution is -2.32. The molecule has 0 radical (unpaired) electrons. The van der Waals surface area contributed by atoms with Gasteiger partial charge in [-0.15, -0.1) is 0 Å². The average molecular weight is 369 g/mol. The van der Waals surface area contributed by atoms with E-state index in [4.69, 9.17) is 4.99 Å². The second-order valence-corrected chi connectivity index (χ2v) is 8.12. The summed E-state index contributed by atoms with van der Waals surface area (Å²) < 4.78 is 0. The Kier molecular flexibility index (Phi) is 4.60. The highest BCUT2D eigenvalue weighted by Gasteiger charge is 2.36. The van der Waals surface area contributed by atoms with Gasteiger partial charge in [0.15, 0.2) is 5.78 Å². The molecule has 0 spiro atoms. The van der Waals surface area contributed by atoms with Crippen molar-refractivity contribution >= 4 is 33.7 Å². The summed E-state index contributed by atoms with van der Waals surface area (Å²) >= 11 is 0. The zero-order chi connectivity index (χ0) is 19.7.